The fourth-order valence-electron chi connectivity index (χ4n) is 1.86. The van der Waals surface area contributed by atoms with Crippen LogP contribution in [0.4, 0.5) is 0 Å². The summed E-state index contributed by atoms with van der Waals surface area (Å²) in [5, 5.41) is 0.745. The second kappa shape index (κ2) is 4.71. The van der Waals surface area contributed by atoms with Crippen molar-refractivity contribution >= 4 is 33.2 Å². The van der Waals surface area contributed by atoms with Crippen LogP contribution in [0.1, 0.15) is 11.4 Å². The number of benzene rings is 1. The van der Waals surface area contributed by atoms with Gasteiger partial charge >= 0.3 is 0 Å². The van der Waals surface area contributed by atoms with Gasteiger partial charge in [-0.1, -0.05) is 23.7 Å². The minimum Gasteiger partial charge on any atom is -0.287 e. The molecule has 0 saturated heterocycles. The second-order valence-electron chi connectivity index (χ2n) is 3.94. The van der Waals surface area contributed by atoms with E-state index in [2.05, 4.69) is 25.9 Å². The predicted molar refractivity (Wildman–Crippen MR) is 74.9 cm³/mol. The highest BCUT2D eigenvalue weighted by Crippen LogP contribution is 2.19. The average Bonchev–Trinajstić information content (AvgIpc) is 2.70. The van der Waals surface area contributed by atoms with E-state index in [1.807, 2.05) is 40.9 Å². The summed E-state index contributed by atoms with van der Waals surface area (Å²) < 4.78 is 2.76. The normalized spacial score (nSPS) is 11.0. The molecule has 90 valence electrons. The third-order valence-corrected chi connectivity index (χ3v) is 3.50. The molecule has 3 aromatic rings. The van der Waals surface area contributed by atoms with E-state index in [4.69, 9.17) is 11.6 Å². The minimum absolute atomic E-state index is 0.745. The van der Waals surface area contributed by atoms with E-state index < -0.39 is 0 Å². The van der Waals surface area contributed by atoms with Crippen molar-refractivity contribution in [3.63, 3.8) is 0 Å². The Hall–Kier alpha value is -1.39. The highest BCUT2D eigenvalue weighted by molar-refractivity contribution is 9.10. The zero-order valence-electron chi connectivity index (χ0n) is 9.35. The molecule has 0 fully saturated rings. The topological polar surface area (TPSA) is 30.2 Å². The van der Waals surface area contributed by atoms with E-state index >= 15 is 0 Å². The summed E-state index contributed by atoms with van der Waals surface area (Å²) in [7, 11) is 0. The van der Waals surface area contributed by atoms with Crippen LogP contribution in [-0.2, 0) is 6.42 Å². The zero-order valence-corrected chi connectivity index (χ0v) is 11.7. The molecule has 0 aliphatic heterocycles. The number of hydrogen-bond donors (Lipinski definition) is 0. The molecule has 1 aromatic carbocycles. The fraction of sp³-hybridized carbons (Fsp3) is 0.0769. The summed E-state index contributed by atoms with van der Waals surface area (Å²) in [6.07, 6.45) is 4.47. The van der Waals surface area contributed by atoms with Crippen molar-refractivity contribution in [2.75, 3.05) is 0 Å². The van der Waals surface area contributed by atoms with Crippen LogP contribution in [0.15, 0.2) is 47.3 Å². The van der Waals surface area contributed by atoms with E-state index in [1.165, 1.54) is 5.56 Å². The molecule has 0 bridgehead atoms. The van der Waals surface area contributed by atoms with Crippen LogP contribution in [-0.4, -0.2) is 14.4 Å². The lowest BCUT2D eigenvalue weighted by molar-refractivity contribution is 0.950. The molecule has 0 unspecified atom stereocenters. The molecular formula is C13H9BrClN3. The van der Waals surface area contributed by atoms with Gasteiger partial charge in [-0.25, -0.2) is 9.97 Å². The maximum absolute atomic E-state index is 5.88. The molecule has 0 aliphatic rings. The van der Waals surface area contributed by atoms with Gasteiger partial charge < -0.3 is 0 Å². The summed E-state index contributed by atoms with van der Waals surface area (Å²) in [6, 6.07) is 9.69. The average molecular weight is 323 g/mol. The number of aromatic nitrogens is 3. The van der Waals surface area contributed by atoms with E-state index in [-0.39, 0.29) is 0 Å². The lowest BCUT2D eigenvalue weighted by atomic mass is 10.1. The van der Waals surface area contributed by atoms with Crippen LogP contribution in [0, 0.1) is 0 Å². The Bertz CT molecular complexity index is 691. The molecule has 3 nitrogen and oxygen atoms in total. The molecule has 0 atom stereocenters. The van der Waals surface area contributed by atoms with Crippen LogP contribution in [0.3, 0.4) is 0 Å². The highest BCUT2D eigenvalue weighted by Gasteiger charge is 2.09. The summed E-state index contributed by atoms with van der Waals surface area (Å²) in [5.41, 5.74) is 2.00. The molecule has 2 aromatic heterocycles. The van der Waals surface area contributed by atoms with Crippen molar-refractivity contribution in [2.24, 2.45) is 0 Å². The van der Waals surface area contributed by atoms with Crippen LogP contribution < -0.4 is 0 Å². The molecule has 0 spiro atoms. The smallest absolute Gasteiger partial charge is 0.171 e. The van der Waals surface area contributed by atoms with Crippen LogP contribution >= 0.6 is 27.5 Å². The zero-order chi connectivity index (χ0) is 12.5. The van der Waals surface area contributed by atoms with Crippen LogP contribution in [0.25, 0.3) is 5.65 Å². The van der Waals surface area contributed by atoms with Crippen molar-refractivity contribution in [1.82, 2.24) is 14.4 Å². The first-order valence-electron chi connectivity index (χ1n) is 5.46. The predicted octanol–water partition coefficient (Wildman–Crippen LogP) is 3.74. The molecule has 18 heavy (non-hydrogen) atoms. The Labute approximate surface area is 118 Å². The molecule has 0 amide bonds. The molecular weight excluding hydrogens is 314 g/mol. The first-order valence-corrected chi connectivity index (χ1v) is 6.63. The van der Waals surface area contributed by atoms with E-state index in [0.29, 0.717) is 0 Å². The largest absolute Gasteiger partial charge is 0.287 e. The summed E-state index contributed by atoms with van der Waals surface area (Å²) >= 11 is 9.30. The van der Waals surface area contributed by atoms with Crippen molar-refractivity contribution in [3.05, 3.63) is 63.7 Å². The molecule has 0 saturated carbocycles. The van der Waals surface area contributed by atoms with Gasteiger partial charge in [-0.15, -0.1) is 0 Å². The number of rotatable bonds is 2. The minimum atomic E-state index is 0.745. The Morgan fingerprint density at radius 3 is 2.78 bits per heavy atom. The maximum Gasteiger partial charge on any atom is 0.171 e. The number of hydrogen-bond acceptors (Lipinski definition) is 2. The van der Waals surface area contributed by atoms with Crippen LogP contribution in [0.2, 0.25) is 5.02 Å². The lowest BCUT2D eigenvalue weighted by Crippen LogP contribution is -1.96. The lowest BCUT2D eigenvalue weighted by Gasteiger charge is -2.01. The van der Waals surface area contributed by atoms with Gasteiger partial charge in [0, 0.05) is 23.8 Å². The molecule has 5 heteroatoms. The number of halogens is 2. The SMILES string of the molecule is Clc1ccc(Cc2nc(Br)c3ncccn23)cc1. The Morgan fingerprint density at radius 2 is 2.00 bits per heavy atom. The maximum atomic E-state index is 5.88. The van der Waals surface area contributed by atoms with Gasteiger partial charge in [0.15, 0.2) is 10.3 Å². The van der Waals surface area contributed by atoms with Crippen molar-refractivity contribution < 1.29 is 0 Å². The van der Waals surface area contributed by atoms with Gasteiger partial charge in [-0.3, -0.25) is 4.40 Å². The Kier molecular flexibility index (Phi) is 3.06. The number of nitrogens with zero attached hydrogens (tertiary/aromatic N) is 3. The first kappa shape index (κ1) is 11.7. The third-order valence-electron chi connectivity index (χ3n) is 2.71. The van der Waals surface area contributed by atoms with Gasteiger partial charge in [-0.2, -0.15) is 0 Å². The Balaban J connectivity index is 2.02. The molecule has 2 heterocycles. The molecule has 3 rings (SSSR count). The third kappa shape index (κ3) is 2.13. The summed E-state index contributed by atoms with van der Waals surface area (Å²) in [5.74, 6) is 0.951. The molecule has 0 N–H and O–H groups in total. The van der Waals surface area contributed by atoms with Crippen molar-refractivity contribution in [1.29, 1.82) is 0 Å². The van der Waals surface area contributed by atoms with Gasteiger partial charge in [-0.05, 0) is 39.7 Å². The highest BCUT2D eigenvalue weighted by atomic mass is 79.9. The van der Waals surface area contributed by atoms with E-state index in [0.717, 1.165) is 27.5 Å². The Morgan fingerprint density at radius 1 is 1.22 bits per heavy atom. The standard InChI is InChI=1S/C13H9BrClN3/c14-12-13-16-6-1-7-18(13)11(17-12)8-9-2-4-10(15)5-3-9/h1-7H,8H2. The van der Waals surface area contributed by atoms with Gasteiger partial charge in [0.25, 0.3) is 0 Å². The summed E-state index contributed by atoms with van der Waals surface area (Å²) in [4.78, 5) is 8.78. The van der Waals surface area contributed by atoms with Gasteiger partial charge in [0.2, 0.25) is 0 Å². The van der Waals surface area contributed by atoms with E-state index in [1.54, 1.807) is 6.20 Å². The first-order chi connectivity index (χ1) is 8.74. The quantitative estimate of drug-likeness (QED) is 0.719. The van der Waals surface area contributed by atoms with E-state index in [9.17, 15) is 0 Å². The second-order valence-corrected chi connectivity index (χ2v) is 5.12. The molecule has 0 radical (unpaired) electrons. The van der Waals surface area contributed by atoms with Crippen molar-refractivity contribution in [3.8, 4) is 0 Å². The van der Waals surface area contributed by atoms with Crippen LogP contribution in [0.5, 0.6) is 0 Å². The van der Waals surface area contributed by atoms with Crippen molar-refractivity contribution in [2.45, 2.75) is 6.42 Å². The summed E-state index contributed by atoms with van der Waals surface area (Å²) in [6.45, 7) is 0. The van der Waals surface area contributed by atoms with Gasteiger partial charge in [0.05, 0.1) is 0 Å². The fourth-order valence-corrected chi connectivity index (χ4v) is 2.48. The van der Waals surface area contributed by atoms with Gasteiger partial charge in [0.1, 0.15) is 5.82 Å². The molecule has 0 aliphatic carbocycles. The number of fused-ring (bicyclic) bond motifs is 1. The number of imidazole rings is 1. The monoisotopic (exact) mass is 321 g/mol.